The van der Waals surface area contributed by atoms with Crippen LogP contribution < -0.4 is 4.74 Å². The summed E-state index contributed by atoms with van der Waals surface area (Å²) in [4.78, 5) is 14.2. The fraction of sp³-hybridized carbons (Fsp3) is 0.0769. The molecule has 6 heteroatoms. The fourth-order valence-electron chi connectivity index (χ4n) is 1.57. The molecule has 0 fully saturated rings. The molecule has 0 aliphatic carbocycles. The summed E-state index contributed by atoms with van der Waals surface area (Å²) >= 11 is 0. The van der Waals surface area contributed by atoms with Crippen LogP contribution in [0, 0.1) is 28.4 Å². The summed E-state index contributed by atoms with van der Waals surface area (Å²) in [6.07, 6.45) is 1.51. The van der Waals surface area contributed by atoms with Gasteiger partial charge < -0.3 is 4.74 Å². The van der Waals surface area contributed by atoms with Crippen LogP contribution in [0.2, 0.25) is 0 Å². The molecule has 0 saturated carbocycles. The number of nitrogens with zero attached hydrogens (tertiary/aromatic N) is 3. The van der Waals surface area contributed by atoms with Gasteiger partial charge in [0.2, 0.25) is 5.88 Å². The molecule has 0 atom stereocenters. The van der Waals surface area contributed by atoms with E-state index in [0.717, 1.165) is 0 Å². The number of hydrogen-bond acceptors (Lipinski definition) is 5. The van der Waals surface area contributed by atoms with Gasteiger partial charge in [0.25, 0.3) is 5.69 Å². The van der Waals surface area contributed by atoms with Crippen molar-refractivity contribution in [1.82, 2.24) is 4.98 Å². The number of pyridine rings is 1. The van der Waals surface area contributed by atoms with Crippen molar-refractivity contribution in [3.63, 3.8) is 0 Å². The lowest BCUT2D eigenvalue weighted by atomic mass is 10.2. The predicted octanol–water partition coefficient (Wildman–Crippen LogP) is 2.96. The zero-order chi connectivity index (χ0) is 13.8. The molecule has 0 aliphatic heterocycles. The predicted molar refractivity (Wildman–Crippen MR) is 66.9 cm³/mol. The van der Waals surface area contributed by atoms with E-state index >= 15 is 0 Å². The molecule has 0 unspecified atom stereocenters. The first kappa shape index (κ1) is 12.5. The van der Waals surface area contributed by atoms with Crippen molar-refractivity contribution in [1.29, 1.82) is 5.26 Å². The van der Waals surface area contributed by atoms with Crippen LogP contribution in [0.5, 0.6) is 11.6 Å². The summed E-state index contributed by atoms with van der Waals surface area (Å²) in [6, 6.07) is 9.55. The average molecular weight is 255 g/mol. The Kier molecular flexibility index (Phi) is 3.39. The first-order chi connectivity index (χ1) is 9.11. The highest BCUT2D eigenvalue weighted by molar-refractivity contribution is 5.46. The minimum Gasteiger partial charge on any atom is -0.438 e. The highest BCUT2D eigenvalue weighted by atomic mass is 16.6. The molecule has 0 aliphatic rings. The monoisotopic (exact) mass is 255 g/mol. The van der Waals surface area contributed by atoms with Crippen molar-refractivity contribution in [2.24, 2.45) is 0 Å². The lowest BCUT2D eigenvalue weighted by Gasteiger charge is -2.06. The van der Waals surface area contributed by atoms with Gasteiger partial charge in [-0.1, -0.05) is 0 Å². The number of aryl methyl sites for hydroxylation is 1. The average Bonchev–Trinajstić information content (AvgIpc) is 2.39. The SMILES string of the molecule is Cc1cc(Oc2ncccc2C#N)ccc1[N+](=O)[O-]. The molecule has 19 heavy (non-hydrogen) atoms. The molecular weight excluding hydrogens is 246 g/mol. The highest BCUT2D eigenvalue weighted by Gasteiger charge is 2.12. The Labute approximate surface area is 109 Å². The molecule has 0 saturated heterocycles. The summed E-state index contributed by atoms with van der Waals surface area (Å²) in [5, 5.41) is 19.6. The molecule has 0 amide bonds. The molecule has 2 aromatic rings. The lowest BCUT2D eigenvalue weighted by Crippen LogP contribution is -1.94. The molecule has 1 aromatic heterocycles. The lowest BCUT2D eigenvalue weighted by molar-refractivity contribution is -0.385. The second-order valence-corrected chi connectivity index (χ2v) is 3.78. The Bertz CT molecular complexity index is 677. The van der Waals surface area contributed by atoms with Crippen LogP contribution >= 0.6 is 0 Å². The number of benzene rings is 1. The van der Waals surface area contributed by atoms with Crippen LogP contribution in [0.3, 0.4) is 0 Å². The third kappa shape index (κ3) is 2.66. The topological polar surface area (TPSA) is 89.0 Å². The van der Waals surface area contributed by atoms with Gasteiger partial charge in [-0.25, -0.2) is 4.98 Å². The zero-order valence-corrected chi connectivity index (χ0v) is 10.0. The van der Waals surface area contributed by atoms with Crippen molar-refractivity contribution in [2.75, 3.05) is 0 Å². The molecule has 1 aromatic carbocycles. The Balaban J connectivity index is 2.32. The van der Waals surface area contributed by atoms with Crippen molar-refractivity contribution in [3.05, 3.63) is 57.8 Å². The molecule has 0 N–H and O–H groups in total. The zero-order valence-electron chi connectivity index (χ0n) is 10.0. The molecule has 0 radical (unpaired) electrons. The van der Waals surface area contributed by atoms with E-state index in [-0.39, 0.29) is 11.6 Å². The number of ether oxygens (including phenoxy) is 1. The minimum atomic E-state index is -0.458. The summed E-state index contributed by atoms with van der Waals surface area (Å²) < 4.78 is 5.46. The summed E-state index contributed by atoms with van der Waals surface area (Å²) in [6.45, 7) is 1.62. The first-order valence-corrected chi connectivity index (χ1v) is 5.40. The number of aromatic nitrogens is 1. The van der Waals surface area contributed by atoms with Crippen molar-refractivity contribution >= 4 is 5.69 Å². The second kappa shape index (κ2) is 5.14. The largest absolute Gasteiger partial charge is 0.438 e. The minimum absolute atomic E-state index is 0.0221. The van der Waals surface area contributed by atoms with Crippen LogP contribution in [0.15, 0.2) is 36.5 Å². The van der Waals surface area contributed by atoms with Crippen LogP contribution in [-0.2, 0) is 0 Å². The van der Waals surface area contributed by atoms with E-state index in [1.54, 1.807) is 19.1 Å². The second-order valence-electron chi connectivity index (χ2n) is 3.78. The quantitative estimate of drug-likeness (QED) is 0.621. The normalized spacial score (nSPS) is 9.68. The van der Waals surface area contributed by atoms with E-state index in [4.69, 9.17) is 10.00 Å². The van der Waals surface area contributed by atoms with Gasteiger partial charge in [-0.3, -0.25) is 10.1 Å². The fourth-order valence-corrected chi connectivity index (χ4v) is 1.57. The van der Waals surface area contributed by atoms with Gasteiger partial charge in [0.15, 0.2) is 0 Å². The molecule has 1 heterocycles. The van der Waals surface area contributed by atoms with Gasteiger partial charge in [-0.2, -0.15) is 5.26 Å². The van der Waals surface area contributed by atoms with E-state index in [1.807, 2.05) is 6.07 Å². The first-order valence-electron chi connectivity index (χ1n) is 5.40. The van der Waals surface area contributed by atoms with Gasteiger partial charge in [-0.05, 0) is 31.2 Å². The Hall–Kier alpha value is -2.94. The van der Waals surface area contributed by atoms with Gasteiger partial charge in [0.1, 0.15) is 17.4 Å². The van der Waals surface area contributed by atoms with E-state index in [2.05, 4.69) is 4.98 Å². The summed E-state index contributed by atoms with van der Waals surface area (Å²) in [5.41, 5.74) is 0.810. The summed E-state index contributed by atoms with van der Waals surface area (Å²) in [7, 11) is 0. The maximum absolute atomic E-state index is 10.7. The van der Waals surface area contributed by atoms with E-state index in [0.29, 0.717) is 16.9 Å². The van der Waals surface area contributed by atoms with Crippen molar-refractivity contribution in [2.45, 2.75) is 6.92 Å². The highest BCUT2D eigenvalue weighted by Crippen LogP contribution is 2.27. The number of nitriles is 1. The van der Waals surface area contributed by atoms with Gasteiger partial charge in [0, 0.05) is 17.8 Å². The smallest absolute Gasteiger partial charge is 0.272 e. The van der Waals surface area contributed by atoms with E-state index < -0.39 is 4.92 Å². The van der Waals surface area contributed by atoms with Gasteiger partial charge >= 0.3 is 0 Å². The Morgan fingerprint density at radius 2 is 2.21 bits per heavy atom. The third-order valence-corrected chi connectivity index (χ3v) is 2.47. The van der Waals surface area contributed by atoms with Gasteiger partial charge in [-0.15, -0.1) is 0 Å². The molecule has 2 rings (SSSR count). The van der Waals surface area contributed by atoms with Crippen molar-refractivity contribution in [3.8, 4) is 17.7 Å². The summed E-state index contributed by atoms with van der Waals surface area (Å²) in [5.74, 6) is 0.580. The molecule has 94 valence electrons. The van der Waals surface area contributed by atoms with E-state index in [9.17, 15) is 10.1 Å². The molecule has 0 bridgehead atoms. The Morgan fingerprint density at radius 3 is 2.84 bits per heavy atom. The number of nitro benzene ring substituents is 1. The maximum atomic E-state index is 10.7. The van der Waals surface area contributed by atoms with Crippen LogP contribution in [0.25, 0.3) is 0 Å². The molecule has 6 nitrogen and oxygen atoms in total. The number of nitro groups is 1. The molecule has 0 spiro atoms. The van der Waals surface area contributed by atoms with E-state index in [1.165, 1.54) is 24.4 Å². The number of hydrogen-bond donors (Lipinski definition) is 0. The van der Waals surface area contributed by atoms with Crippen molar-refractivity contribution < 1.29 is 9.66 Å². The standard InChI is InChI=1S/C13H9N3O3/c1-9-7-11(4-5-12(9)16(17)18)19-13-10(8-14)3-2-6-15-13/h2-7H,1H3. The van der Waals surface area contributed by atoms with Crippen LogP contribution in [0.1, 0.15) is 11.1 Å². The van der Waals surface area contributed by atoms with Gasteiger partial charge in [0.05, 0.1) is 4.92 Å². The van der Waals surface area contributed by atoms with Crippen LogP contribution in [-0.4, -0.2) is 9.91 Å². The number of rotatable bonds is 3. The van der Waals surface area contributed by atoms with Crippen LogP contribution in [0.4, 0.5) is 5.69 Å². The third-order valence-electron chi connectivity index (χ3n) is 2.47. The molecular formula is C13H9N3O3. The maximum Gasteiger partial charge on any atom is 0.272 e. The Morgan fingerprint density at radius 1 is 1.42 bits per heavy atom.